The van der Waals surface area contributed by atoms with Crippen molar-refractivity contribution in [3.63, 3.8) is 0 Å². The lowest BCUT2D eigenvalue weighted by molar-refractivity contribution is -0.134. The van der Waals surface area contributed by atoms with E-state index < -0.39 is 0 Å². The third-order valence-electron chi connectivity index (χ3n) is 5.19. The Morgan fingerprint density at radius 2 is 1.86 bits per heavy atom. The summed E-state index contributed by atoms with van der Waals surface area (Å²) in [7, 11) is 0. The number of amides is 2. The molecule has 1 aliphatic rings. The second kappa shape index (κ2) is 8.82. The number of benzene rings is 1. The van der Waals surface area contributed by atoms with E-state index in [-0.39, 0.29) is 24.5 Å². The molecule has 3 rings (SSSR count). The van der Waals surface area contributed by atoms with Crippen LogP contribution in [0.3, 0.4) is 0 Å². The summed E-state index contributed by atoms with van der Waals surface area (Å²) in [5.41, 5.74) is 3.55. The van der Waals surface area contributed by atoms with Gasteiger partial charge in [-0.1, -0.05) is 12.1 Å². The van der Waals surface area contributed by atoms with Crippen molar-refractivity contribution in [3.05, 3.63) is 53.1 Å². The average molecular weight is 382 g/mol. The van der Waals surface area contributed by atoms with Crippen molar-refractivity contribution < 1.29 is 14.3 Å². The van der Waals surface area contributed by atoms with E-state index in [1.165, 1.54) is 18.6 Å². The highest BCUT2D eigenvalue weighted by atomic mass is 16.5. The van der Waals surface area contributed by atoms with E-state index in [9.17, 15) is 9.59 Å². The monoisotopic (exact) mass is 382 g/mol. The van der Waals surface area contributed by atoms with Crippen molar-refractivity contribution in [2.75, 3.05) is 19.7 Å². The van der Waals surface area contributed by atoms with Crippen molar-refractivity contribution >= 4 is 11.8 Å². The summed E-state index contributed by atoms with van der Waals surface area (Å²) in [5, 5.41) is 2.96. The lowest BCUT2D eigenvalue weighted by Crippen LogP contribution is -2.47. The van der Waals surface area contributed by atoms with Gasteiger partial charge >= 0.3 is 0 Å². The summed E-state index contributed by atoms with van der Waals surface area (Å²) in [5.74, 6) is 0.532. The zero-order valence-corrected chi connectivity index (χ0v) is 16.6. The van der Waals surface area contributed by atoms with Gasteiger partial charge in [0.15, 0.2) is 6.61 Å². The fourth-order valence-corrected chi connectivity index (χ4v) is 3.32. The quantitative estimate of drug-likeness (QED) is 0.857. The molecule has 1 N–H and O–H groups in total. The summed E-state index contributed by atoms with van der Waals surface area (Å²) < 4.78 is 5.84. The zero-order chi connectivity index (χ0) is 20.1. The number of ether oxygens (including phenoxy) is 1. The van der Waals surface area contributed by atoms with Crippen LogP contribution >= 0.6 is 0 Å². The van der Waals surface area contributed by atoms with Crippen LogP contribution < -0.4 is 10.1 Å². The van der Waals surface area contributed by atoms with Crippen molar-refractivity contribution in [3.8, 4) is 5.75 Å². The summed E-state index contributed by atoms with van der Waals surface area (Å²) in [6.45, 7) is 7.25. The zero-order valence-electron chi connectivity index (χ0n) is 16.6. The summed E-state index contributed by atoms with van der Waals surface area (Å²) in [4.78, 5) is 34.4. The van der Waals surface area contributed by atoms with E-state index in [1.54, 1.807) is 4.90 Å². The molecule has 0 atom stereocenters. The molecule has 2 heterocycles. The molecule has 2 aromatic rings. The van der Waals surface area contributed by atoms with Gasteiger partial charge in [0.25, 0.3) is 11.8 Å². The molecule has 1 aromatic heterocycles. The Morgan fingerprint density at radius 3 is 2.54 bits per heavy atom. The standard InChI is InChI=1S/C21H26N4O3/c1-14-4-5-15(2)20(16(14)3)28-13-19(26)25-10-6-17(7-11-25)24-21(27)18-12-22-8-9-23-18/h4-5,8-9,12,17H,6-7,10-11,13H2,1-3H3,(H,24,27). The van der Waals surface area contributed by atoms with Crippen LogP contribution in [-0.2, 0) is 4.79 Å². The first kappa shape index (κ1) is 19.8. The molecule has 2 amide bonds. The molecule has 0 spiro atoms. The summed E-state index contributed by atoms with van der Waals surface area (Å²) in [6.07, 6.45) is 5.89. The molecule has 7 nitrogen and oxygen atoms in total. The molecule has 1 aromatic carbocycles. The SMILES string of the molecule is Cc1ccc(C)c(OCC(=O)N2CCC(NC(=O)c3cnccn3)CC2)c1C. The first-order chi connectivity index (χ1) is 13.5. The Bertz CT molecular complexity index is 846. The van der Waals surface area contributed by atoms with Crippen molar-refractivity contribution in [1.29, 1.82) is 0 Å². The minimum Gasteiger partial charge on any atom is -0.483 e. The topological polar surface area (TPSA) is 84.4 Å². The molecule has 7 heteroatoms. The number of piperidine rings is 1. The van der Waals surface area contributed by atoms with E-state index in [0.717, 1.165) is 22.4 Å². The predicted octanol–water partition coefficient (Wildman–Crippen LogP) is 2.20. The minimum atomic E-state index is -0.230. The molecule has 0 radical (unpaired) electrons. The average Bonchev–Trinajstić information content (AvgIpc) is 2.72. The van der Waals surface area contributed by atoms with Crippen LogP contribution in [-0.4, -0.2) is 52.4 Å². The van der Waals surface area contributed by atoms with Crippen molar-refractivity contribution in [2.45, 2.75) is 39.7 Å². The van der Waals surface area contributed by atoms with Crippen molar-refractivity contribution in [1.82, 2.24) is 20.2 Å². The Morgan fingerprint density at radius 1 is 1.14 bits per heavy atom. The third-order valence-corrected chi connectivity index (χ3v) is 5.19. The number of likely N-dealkylation sites (tertiary alicyclic amines) is 1. The lowest BCUT2D eigenvalue weighted by atomic mass is 10.0. The number of rotatable bonds is 5. The summed E-state index contributed by atoms with van der Waals surface area (Å²) in [6, 6.07) is 4.09. The van der Waals surface area contributed by atoms with Gasteiger partial charge in [-0.3, -0.25) is 14.6 Å². The second-order valence-electron chi connectivity index (χ2n) is 7.16. The van der Waals surface area contributed by atoms with Gasteiger partial charge in [0.2, 0.25) is 0 Å². The lowest BCUT2D eigenvalue weighted by Gasteiger charge is -2.32. The van der Waals surface area contributed by atoms with Crippen LogP contribution in [0.15, 0.2) is 30.7 Å². The van der Waals surface area contributed by atoms with Gasteiger partial charge in [-0.2, -0.15) is 0 Å². The maximum Gasteiger partial charge on any atom is 0.271 e. The molecule has 1 saturated heterocycles. The first-order valence-corrected chi connectivity index (χ1v) is 9.50. The van der Waals surface area contributed by atoms with Gasteiger partial charge in [0.1, 0.15) is 11.4 Å². The Labute approximate surface area is 165 Å². The van der Waals surface area contributed by atoms with E-state index >= 15 is 0 Å². The van der Waals surface area contributed by atoms with Gasteiger partial charge in [0, 0.05) is 31.5 Å². The van der Waals surface area contributed by atoms with Crippen LogP contribution in [0.1, 0.15) is 40.0 Å². The number of aromatic nitrogens is 2. The highest BCUT2D eigenvalue weighted by molar-refractivity contribution is 5.92. The highest BCUT2D eigenvalue weighted by Crippen LogP contribution is 2.25. The molecular formula is C21H26N4O3. The Balaban J connectivity index is 1.48. The number of nitrogens with zero attached hydrogens (tertiary/aromatic N) is 3. The first-order valence-electron chi connectivity index (χ1n) is 9.50. The molecule has 148 valence electrons. The third kappa shape index (κ3) is 4.65. The molecule has 28 heavy (non-hydrogen) atoms. The van der Waals surface area contributed by atoms with Crippen LogP contribution in [0, 0.1) is 20.8 Å². The fourth-order valence-electron chi connectivity index (χ4n) is 3.32. The summed E-state index contributed by atoms with van der Waals surface area (Å²) >= 11 is 0. The van der Waals surface area contributed by atoms with Crippen LogP contribution in [0.2, 0.25) is 0 Å². The number of nitrogens with one attached hydrogen (secondary N) is 1. The number of aryl methyl sites for hydroxylation is 2. The van der Waals surface area contributed by atoms with Gasteiger partial charge < -0.3 is 15.0 Å². The molecule has 0 aliphatic carbocycles. The maximum atomic E-state index is 12.5. The highest BCUT2D eigenvalue weighted by Gasteiger charge is 2.25. The second-order valence-corrected chi connectivity index (χ2v) is 7.16. The Hall–Kier alpha value is -2.96. The van der Waals surface area contributed by atoms with Crippen LogP contribution in [0.4, 0.5) is 0 Å². The van der Waals surface area contributed by atoms with Gasteiger partial charge in [-0.05, 0) is 50.3 Å². The van der Waals surface area contributed by atoms with Crippen LogP contribution in [0.25, 0.3) is 0 Å². The number of hydrogen-bond acceptors (Lipinski definition) is 5. The Kier molecular flexibility index (Phi) is 6.23. The van der Waals surface area contributed by atoms with Crippen molar-refractivity contribution in [2.24, 2.45) is 0 Å². The number of carbonyl (C=O) groups is 2. The largest absolute Gasteiger partial charge is 0.483 e. The smallest absolute Gasteiger partial charge is 0.271 e. The maximum absolute atomic E-state index is 12.5. The van der Waals surface area contributed by atoms with E-state index in [0.29, 0.717) is 31.6 Å². The molecule has 1 fully saturated rings. The molecule has 1 aliphatic heterocycles. The number of carbonyl (C=O) groups excluding carboxylic acids is 2. The van der Waals surface area contributed by atoms with E-state index in [1.807, 2.05) is 26.8 Å². The van der Waals surface area contributed by atoms with Gasteiger partial charge in [-0.25, -0.2) is 4.98 Å². The molecule has 0 saturated carbocycles. The fraction of sp³-hybridized carbons (Fsp3) is 0.429. The van der Waals surface area contributed by atoms with Crippen LogP contribution in [0.5, 0.6) is 5.75 Å². The van der Waals surface area contributed by atoms with Gasteiger partial charge in [-0.15, -0.1) is 0 Å². The van der Waals surface area contributed by atoms with Gasteiger partial charge in [0.05, 0.1) is 6.20 Å². The minimum absolute atomic E-state index is 0.0285. The molecule has 0 bridgehead atoms. The number of hydrogen-bond donors (Lipinski definition) is 1. The van der Waals surface area contributed by atoms with E-state index in [4.69, 9.17) is 4.74 Å². The van der Waals surface area contributed by atoms with E-state index in [2.05, 4.69) is 21.4 Å². The molecule has 0 unspecified atom stereocenters. The predicted molar refractivity (Wildman–Crippen MR) is 105 cm³/mol. The normalized spacial score (nSPS) is 14.6. The molecular weight excluding hydrogens is 356 g/mol.